The molecule has 140 valence electrons. The van der Waals surface area contributed by atoms with Crippen molar-refractivity contribution in [3.05, 3.63) is 54.9 Å². The Labute approximate surface area is 167 Å². The molecular weight excluding hydrogens is 372 g/mol. The van der Waals surface area contributed by atoms with Crippen molar-refractivity contribution in [2.45, 2.75) is 24.0 Å². The van der Waals surface area contributed by atoms with Crippen molar-refractivity contribution >= 4 is 23.4 Å². The van der Waals surface area contributed by atoms with E-state index in [9.17, 15) is 4.79 Å². The number of aromatic nitrogens is 4. The summed E-state index contributed by atoms with van der Waals surface area (Å²) in [4.78, 5) is 18.3. The molecule has 1 aliphatic rings. The lowest BCUT2D eigenvalue weighted by molar-refractivity contribution is -0.116. The molecule has 0 spiro atoms. The number of benzene rings is 1. The lowest BCUT2D eigenvalue weighted by atomic mass is 10.2. The number of amides is 1. The van der Waals surface area contributed by atoms with Gasteiger partial charge in [-0.25, -0.2) is 0 Å². The summed E-state index contributed by atoms with van der Waals surface area (Å²) in [7, 11) is 0. The predicted molar refractivity (Wildman–Crippen MR) is 107 cm³/mol. The third-order valence-corrected chi connectivity index (χ3v) is 5.37. The minimum atomic E-state index is -0.131. The number of para-hydroxylation sites is 1. The first-order valence-electron chi connectivity index (χ1n) is 8.98. The Morgan fingerprint density at radius 1 is 1.18 bits per heavy atom. The molecule has 0 atom stereocenters. The maximum Gasteiger partial charge on any atom is 0.238 e. The van der Waals surface area contributed by atoms with Crippen molar-refractivity contribution in [1.29, 1.82) is 5.26 Å². The third kappa shape index (κ3) is 3.89. The average Bonchev–Trinajstić information content (AvgIpc) is 3.50. The average molecular weight is 390 g/mol. The number of rotatable bonds is 7. The molecule has 1 amide bonds. The second-order valence-corrected chi connectivity index (χ2v) is 7.35. The summed E-state index contributed by atoms with van der Waals surface area (Å²) in [6.07, 6.45) is 5.64. The fourth-order valence-electron chi connectivity index (χ4n) is 2.94. The van der Waals surface area contributed by atoms with Crippen LogP contribution in [0.2, 0.25) is 0 Å². The lowest BCUT2D eigenvalue weighted by Gasteiger charge is -2.19. The highest BCUT2D eigenvalue weighted by Crippen LogP contribution is 2.41. The second-order valence-electron chi connectivity index (χ2n) is 6.41. The highest BCUT2D eigenvalue weighted by molar-refractivity contribution is 7.99. The number of pyridine rings is 1. The van der Waals surface area contributed by atoms with Gasteiger partial charge in [-0.15, -0.1) is 10.2 Å². The highest BCUT2D eigenvalue weighted by atomic mass is 32.2. The Morgan fingerprint density at radius 3 is 2.61 bits per heavy atom. The van der Waals surface area contributed by atoms with Gasteiger partial charge in [-0.1, -0.05) is 30.0 Å². The van der Waals surface area contributed by atoms with Crippen LogP contribution in [0.4, 0.5) is 5.69 Å². The molecule has 3 aromatic rings. The van der Waals surface area contributed by atoms with Crippen LogP contribution in [0.1, 0.15) is 18.9 Å². The fraction of sp³-hybridized carbons (Fsp3) is 0.250. The van der Waals surface area contributed by atoms with Crippen LogP contribution in [0.15, 0.2) is 60.0 Å². The maximum absolute atomic E-state index is 12.8. The molecule has 1 aliphatic carbocycles. The molecule has 1 aromatic carbocycles. The van der Waals surface area contributed by atoms with Crippen LogP contribution in [0, 0.1) is 11.3 Å². The number of anilines is 1. The predicted octanol–water partition coefficient (Wildman–Crippen LogP) is 3.32. The summed E-state index contributed by atoms with van der Waals surface area (Å²) in [5.41, 5.74) is 1.68. The molecule has 2 heterocycles. The van der Waals surface area contributed by atoms with Crippen molar-refractivity contribution in [1.82, 2.24) is 19.7 Å². The van der Waals surface area contributed by atoms with Crippen molar-refractivity contribution in [3.63, 3.8) is 0 Å². The van der Waals surface area contributed by atoms with Crippen molar-refractivity contribution in [3.8, 4) is 17.5 Å². The molecule has 1 saturated carbocycles. The van der Waals surface area contributed by atoms with Crippen molar-refractivity contribution < 1.29 is 4.79 Å². The monoisotopic (exact) mass is 390 g/mol. The Balaban J connectivity index is 1.53. The van der Waals surface area contributed by atoms with Gasteiger partial charge in [0.1, 0.15) is 6.54 Å². The molecular formula is C20H18N6OS. The topological polar surface area (TPSA) is 87.7 Å². The standard InChI is InChI=1S/C20H18N6OS/c21-10-13-25(16-4-2-1-3-5-16)18(27)14-28-20-24-23-19(26(20)17-6-7-17)15-8-11-22-12-9-15/h1-5,8-9,11-12,17H,6-7,13-14H2. The van der Waals surface area contributed by atoms with Gasteiger partial charge in [-0.05, 0) is 37.1 Å². The highest BCUT2D eigenvalue weighted by Gasteiger charge is 2.30. The quantitative estimate of drug-likeness (QED) is 0.454. The molecule has 0 saturated heterocycles. The van der Waals surface area contributed by atoms with Gasteiger partial charge in [-0.3, -0.25) is 19.2 Å². The normalized spacial score (nSPS) is 13.1. The SMILES string of the molecule is N#CCN(C(=O)CSc1nnc(-c2ccncc2)n1C1CC1)c1ccccc1. The van der Waals surface area contributed by atoms with E-state index >= 15 is 0 Å². The first-order chi connectivity index (χ1) is 13.8. The van der Waals surface area contributed by atoms with E-state index in [0.29, 0.717) is 6.04 Å². The molecule has 0 radical (unpaired) electrons. The summed E-state index contributed by atoms with van der Waals surface area (Å²) in [6, 6.07) is 15.5. The zero-order valence-electron chi connectivity index (χ0n) is 15.1. The Kier molecular flexibility index (Phi) is 5.35. The van der Waals surface area contributed by atoms with Crippen molar-refractivity contribution in [2.75, 3.05) is 17.2 Å². The van der Waals surface area contributed by atoms with Gasteiger partial charge in [0.15, 0.2) is 11.0 Å². The van der Waals surface area contributed by atoms with E-state index < -0.39 is 0 Å². The molecule has 8 heteroatoms. The summed E-state index contributed by atoms with van der Waals surface area (Å²) in [5, 5.41) is 18.5. The molecule has 7 nitrogen and oxygen atoms in total. The molecule has 4 rings (SSSR count). The Morgan fingerprint density at radius 2 is 1.93 bits per heavy atom. The molecule has 0 N–H and O–H groups in total. The molecule has 0 bridgehead atoms. The number of nitrogens with zero attached hydrogens (tertiary/aromatic N) is 6. The van der Waals surface area contributed by atoms with E-state index in [1.165, 1.54) is 16.7 Å². The Hall–Kier alpha value is -3.18. The molecule has 1 fully saturated rings. The minimum Gasteiger partial charge on any atom is -0.299 e. The van der Waals surface area contributed by atoms with E-state index in [4.69, 9.17) is 5.26 Å². The smallest absolute Gasteiger partial charge is 0.238 e. The van der Waals surface area contributed by atoms with Crippen molar-refractivity contribution in [2.24, 2.45) is 0 Å². The number of thioether (sulfide) groups is 1. The van der Waals surface area contributed by atoms with Gasteiger partial charge in [0.25, 0.3) is 0 Å². The number of carbonyl (C=O) groups is 1. The minimum absolute atomic E-state index is 0.0149. The number of hydrogen-bond acceptors (Lipinski definition) is 6. The molecule has 2 aromatic heterocycles. The van der Waals surface area contributed by atoms with Crippen LogP contribution in [0.5, 0.6) is 0 Å². The third-order valence-electron chi connectivity index (χ3n) is 4.44. The van der Waals surface area contributed by atoms with E-state index in [1.54, 1.807) is 12.4 Å². The van der Waals surface area contributed by atoms with Crippen LogP contribution in [0.3, 0.4) is 0 Å². The van der Waals surface area contributed by atoms with Gasteiger partial charge in [0.2, 0.25) is 5.91 Å². The fourth-order valence-corrected chi connectivity index (χ4v) is 3.82. The van der Waals surface area contributed by atoms with Gasteiger partial charge >= 0.3 is 0 Å². The van der Waals surface area contributed by atoms with Gasteiger partial charge < -0.3 is 0 Å². The largest absolute Gasteiger partial charge is 0.299 e. The lowest BCUT2D eigenvalue weighted by Crippen LogP contribution is -2.32. The summed E-state index contributed by atoms with van der Waals surface area (Å²) < 4.78 is 2.12. The number of carbonyl (C=O) groups excluding carboxylic acids is 1. The van der Waals surface area contributed by atoms with Crippen LogP contribution in [0.25, 0.3) is 11.4 Å². The summed E-state index contributed by atoms with van der Waals surface area (Å²) in [6.45, 7) is 0.0149. The van der Waals surface area contributed by atoms with Gasteiger partial charge in [-0.2, -0.15) is 5.26 Å². The summed E-state index contributed by atoms with van der Waals surface area (Å²) in [5.74, 6) is 0.864. The van der Waals surface area contributed by atoms with E-state index in [2.05, 4.69) is 25.8 Å². The first-order valence-corrected chi connectivity index (χ1v) is 9.97. The summed E-state index contributed by atoms with van der Waals surface area (Å²) >= 11 is 1.36. The molecule has 0 aliphatic heterocycles. The van der Waals surface area contributed by atoms with E-state index in [-0.39, 0.29) is 18.2 Å². The molecule has 0 unspecified atom stereocenters. The number of hydrogen-bond donors (Lipinski definition) is 0. The first kappa shape index (κ1) is 18.2. The zero-order chi connectivity index (χ0) is 19.3. The van der Waals surface area contributed by atoms with Crippen LogP contribution < -0.4 is 4.90 Å². The zero-order valence-corrected chi connectivity index (χ0v) is 15.9. The van der Waals surface area contributed by atoms with Gasteiger partial charge in [0.05, 0.1) is 11.8 Å². The van der Waals surface area contributed by atoms with E-state index in [0.717, 1.165) is 35.1 Å². The van der Waals surface area contributed by atoms with E-state index in [1.807, 2.05) is 42.5 Å². The van der Waals surface area contributed by atoms with Crippen LogP contribution in [-0.2, 0) is 4.79 Å². The van der Waals surface area contributed by atoms with Gasteiger partial charge in [0, 0.05) is 29.7 Å². The number of nitriles is 1. The Bertz CT molecular complexity index is 995. The maximum atomic E-state index is 12.8. The van der Waals surface area contributed by atoms with Crippen LogP contribution >= 0.6 is 11.8 Å². The van der Waals surface area contributed by atoms with Crippen LogP contribution in [-0.4, -0.2) is 38.0 Å². The molecule has 28 heavy (non-hydrogen) atoms. The second kappa shape index (κ2) is 8.23.